The van der Waals surface area contributed by atoms with Crippen LogP contribution in [0.15, 0.2) is 22.8 Å². The maximum atomic E-state index is 11.8. The van der Waals surface area contributed by atoms with Crippen molar-refractivity contribution in [2.45, 2.75) is 13.0 Å². The molecule has 0 radical (unpaired) electrons. The summed E-state index contributed by atoms with van der Waals surface area (Å²) < 4.78 is 10.6. The van der Waals surface area contributed by atoms with Gasteiger partial charge in [-0.05, 0) is 12.1 Å². The van der Waals surface area contributed by atoms with Gasteiger partial charge >= 0.3 is 0 Å². The lowest BCUT2D eigenvalue weighted by atomic mass is 10.1. The van der Waals surface area contributed by atoms with Gasteiger partial charge in [-0.3, -0.25) is 4.79 Å². The van der Waals surface area contributed by atoms with Gasteiger partial charge in [0.15, 0.2) is 0 Å². The van der Waals surface area contributed by atoms with E-state index in [4.69, 9.17) is 9.15 Å². The van der Waals surface area contributed by atoms with Crippen LogP contribution < -0.4 is 5.32 Å². The number of carbonyl (C=O) groups excluding carboxylic acids is 1. The van der Waals surface area contributed by atoms with Crippen LogP contribution in [0, 0.1) is 5.92 Å². The lowest BCUT2D eigenvalue weighted by Gasteiger charge is -2.21. The first-order valence-corrected chi connectivity index (χ1v) is 6.98. The van der Waals surface area contributed by atoms with Gasteiger partial charge in [0.2, 0.25) is 5.91 Å². The summed E-state index contributed by atoms with van der Waals surface area (Å²) in [4.78, 5) is 13.9. The standard InChI is InChI=1S/C14H22N2O4/c17-10-12-9-16(5-7-19-11-12)4-3-14(18)15-8-13-2-1-6-20-13/h1-2,6,12,17H,3-5,7-11H2,(H,15,18)/t12-/m0/s1. The van der Waals surface area contributed by atoms with Gasteiger partial charge in [0.25, 0.3) is 0 Å². The van der Waals surface area contributed by atoms with E-state index >= 15 is 0 Å². The molecule has 1 saturated heterocycles. The van der Waals surface area contributed by atoms with Crippen molar-refractivity contribution in [2.24, 2.45) is 5.92 Å². The van der Waals surface area contributed by atoms with Crippen molar-refractivity contribution in [3.05, 3.63) is 24.2 Å². The zero-order valence-electron chi connectivity index (χ0n) is 11.6. The Labute approximate surface area is 118 Å². The Bertz CT molecular complexity index is 394. The normalized spacial score (nSPS) is 20.6. The smallest absolute Gasteiger partial charge is 0.221 e. The Morgan fingerprint density at radius 2 is 2.45 bits per heavy atom. The number of amides is 1. The monoisotopic (exact) mass is 282 g/mol. The number of nitrogens with zero attached hydrogens (tertiary/aromatic N) is 1. The highest BCUT2D eigenvalue weighted by Gasteiger charge is 2.18. The minimum atomic E-state index is 0.00659. The van der Waals surface area contributed by atoms with Crippen molar-refractivity contribution in [1.29, 1.82) is 0 Å². The highest BCUT2D eigenvalue weighted by Crippen LogP contribution is 2.07. The van der Waals surface area contributed by atoms with Crippen LogP contribution in [-0.2, 0) is 16.1 Å². The molecule has 2 N–H and O–H groups in total. The predicted molar refractivity (Wildman–Crippen MR) is 73.0 cm³/mol. The van der Waals surface area contributed by atoms with Crippen LogP contribution >= 0.6 is 0 Å². The molecule has 1 aromatic heterocycles. The second-order valence-electron chi connectivity index (χ2n) is 5.03. The van der Waals surface area contributed by atoms with E-state index in [1.165, 1.54) is 0 Å². The SMILES string of the molecule is O=C(CCN1CCOC[C@H](CO)C1)NCc1ccco1. The summed E-state index contributed by atoms with van der Waals surface area (Å²) in [6.45, 7) is 4.07. The summed E-state index contributed by atoms with van der Waals surface area (Å²) in [6.07, 6.45) is 2.03. The molecular weight excluding hydrogens is 260 g/mol. The van der Waals surface area contributed by atoms with E-state index in [0.717, 1.165) is 18.8 Å². The summed E-state index contributed by atoms with van der Waals surface area (Å²) in [7, 11) is 0. The van der Waals surface area contributed by atoms with Gasteiger partial charge in [0.1, 0.15) is 5.76 Å². The topological polar surface area (TPSA) is 74.9 Å². The minimum absolute atomic E-state index is 0.00659. The first-order chi connectivity index (χ1) is 9.78. The van der Waals surface area contributed by atoms with Crippen LogP contribution in [0.25, 0.3) is 0 Å². The number of carbonyl (C=O) groups is 1. The molecule has 0 unspecified atom stereocenters. The Balaban J connectivity index is 1.66. The van der Waals surface area contributed by atoms with E-state index in [1.54, 1.807) is 12.3 Å². The molecule has 1 amide bonds. The molecule has 6 nitrogen and oxygen atoms in total. The summed E-state index contributed by atoms with van der Waals surface area (Å²) in [6, 6.07) is 3.63. The summed E-state index contributed by atoms with van der Waals surface area (Å²) in [5.41, 5.74) is 0. The van der Waals surface area contributed by atoms with Gasteiger partial charge in [-0.2, -0.15) is 0 Å². The van der Waals surface area contributed by atoms with Crippen LogP contribution in [0.5, 0.6) is 0 Å². The highest BCUT2D eigenvalue weighted by molar-refractivity contribution is 5.75. The number of hydrogen-bond donors (Lipinski definition) is 2. The van der Waals surface area contributed by atoms with Gasteiger partial charge in [-0.15, -0.1) is 0 Å². The van der Waals surface area contributed by atoms with E-state index in [-0.39, 0.29) is 18.4 Å². The van der Waals surface area contributed by atoms with Gasteiger partial charge in [-0.25, -0.2) is 0 Å². The highest BCUT2D eigenvalue weighted by atomic mass is 16.5. The second-order valence-corrected chi connectivity index (χ2v) is 5.03. The molecule has 112 valence electrons. The van der Waals surface area contributed by atoms with E-state index in [9.17, 15) is 9.90 Å². The molecule has 0 bridgehead atoms. The molecular formula is C14H22N2O4. The third-order valence-corrected chi connectivity index (χ3v) is 3.37. The summed E-state index contributed by atoms with van der Waals surface area (Å²) >= 11 is 0. The quantitative estimate of drug-likeness (QED) is 0.781. The van der Waals surface area contributed by atoms with Crippen LogP contribution in [-0.4, -0.2) is 55.4 Å². The van der Waals surface area contributed by atoms with Gasteiger partial charge < -0.3 is 24.5 Å². The molecule has 2 heterocycles. The molecule has 0 spiro atoms. The molecule has 1 fully saturated rings. The number of aliphatic hydroxyl groups excluding tert-OH is 1. The molecule has 2 rings (SSSR count). The van der Waals surface area contributed by atoms with Crippen molar-refractivity contribution in [2.75, 3.05) is 39.5 Å². The average Bonchev–Trinajstić information content (AvgIpc) is 2.87. The Morgan fingerprint density at radius 3 is 3.20 bits per heavy atom. The molecule has 0 saturated carbocycles. The fraction of sp³-hybridized carbons (Fsp3) is 0.643. The van der Waals surface area contributed by atoms with Crippen molar-refractivity contribution < 1.29 is 19.1 Å². The van der Waals surface area contributed by atoms with E-state index in [1.807, 2.05) is 6.07 Å². The molecule has 1 aliphatic heterocycles. The Morgan fingerprint density at radius 1 is 1.55 bits per heavy atom. The van der Waals surface area contributed by atoms with Crippen LogP contribution in [0.1, 0.15) is 12.2 Å². The average molecular weight is 282 g/mol. The lowest BCUT2D eigenvalue weighted by molar-refractivity contribution is -0.121. The molecule has 20 heavy (non-hydrogen) atoms. The first kappa shape index (κ1) is 15.0. The van der Waals surface area contributed by atoms with Gasteiger partial charge in [0.05, 0.1) is 26.0 Å². The van der Waals surface area contributed by atoms with Crippen molar-refractivity contribution >= 4 is 5.91 Å². The lowest BCUT2D eigenvalue weighted by Crippen LogP contribution is -2.35. The number of furan rings is 1. The first-order valence-electron chi connectivity index (χ1n) is 6.98. The third kappa shape index (κ3) is 4.96. The van der Waals surface area contributed by atoms with Crippen molar-refractivity contribution in [3.63, 3.8) is 0 Å². The fourth-order valence-electron chi connectivity index (χ4n) is 2.21. The molecule has 1 atom stereocenters. The van der Waals surface area contributed by atoms with E-state index in [0.29, 0.717) is 32.7 Å². The number of nitrogens with one attached hydrogen (secondary N) is 1. The van der Waals surface area contributed by atoms with Crippen LogP contribution in [0.3, 0.4) is 0 Å². The molecule has 1 aliphatic rings. The van der Waals surface area contributed by atoms with Crippen molar-refractivity contribution in [1.82, 2.24) is 10.2 Å². The zero-order valence-corrected chi connectivity index (χ0v) is 11.6. The second kappa shape index (κ2) is 8.04. The molecule has 0 aromatic carbocycles. The molecule has 0 aliphatic carbocycles. The Kier molecular flexibility index (Phi) is 6.04. The van der Waals surface area contributed by atoms with E-state index in [2.05, 4.69) is 10.2 Å². The van der Waals surface area contributed by atoms with Gasteiger partial charge in [-0.1, -0.05) is 0 Å². The predicted octanol–water partition coefficient (Wildman–Crippen LogP) is 0.227. The maximum Gasteiger partial charge on any atom is 0.221 e. The van der Waals surface area contributed by atoms with Crippen LogP contribution in [0.2, 0.25) is 0 Å². The number of aliphatic hydroxyl groups is 1. The molecule has 6 heteroatoms. The zero-order chi connectivity index (χ0) is 14.2. The van der Waals surface area contributed by atoms with Crippen molar-refractivity contribution in [3.8, 4) is 0 Å². The fourth-order valence-corrected chi connectivity index (χ4v) is 2.21. The maximum absolute atomic E-state index is 11.8. The number of rotatable bonds is 6. The number of hydrogen-bond acceptors (Lipinski definition) is 5. The summed E-state index contributed by atoms with van der Waals surface area (Å²) in [5.74, 6) is 0.901. The largest absolute Gasteiger partial charge is 0.467 e. The van der Waals surface area contributed by atoms with E-state index < -0.39 is 0 Å². The minimum Gasteiger partial charge on any atom is -0.467 e. The number of ether oxygens (including phenoxy) is 1. The third-order valence-electron chi connectivity index (χ3n) is 3.37. The Hall–Kier alpha value is -1.37. The molecule has 1 aromatic rings. The summed E-state index contributed by atoms with van der Waals surface area (Å²) in [5, 5.41) is 12.0. The van der Waals surface area contributed by atoms with Crippen LogP contribution in [0.4, 0.5) is 0 Å². The van der Waals surface area contributed by atoms with Gasteiger partial charge in [0, 0.05) is 38.6 Å².